The van der Waals surface area contributed by atoms with E-state index in [1.165, 1.54) is 18.2 Å². The molecule has 0 fully saturated rings. The molecule has 132 valence electrons. The van der Waals surface area contributed by atoms with Crippen LogP contribution in [0.1, 0.15) is 28.4 Å². The van der Waals surface area contributed by atoms with Crippen molar-refractivity contribution in [2.45, 2.75) is 13.8 Å². The number of aromatic carboxylic acids is 1. The summed E-state index contributed by atoms with van der Waals surface area (Å²) >= 11 is 0. The van der Waals surface area contributed by atoms with Gasteiger partial charge in [-0.25, -0.2) is 4.79 Å². The minimum atomic E-state index is -1.15. The Morgan fingerprint density at radius 3 is 2.50 bits per heavy atom. The molecule has 2 aromatic carbocycles. The number of hydrogen-bond acceptors (Lipinski definition) is 4. The van der Waals surface area contributed by atoms with E-state index in [1.807, 2.05) is 25.1 Å². The molecule has 0 aliphatic rings. The van der Waals surface area contributed by atoms with Crippen molar-refractivity contribution in [3.8, 4) is 11.8 Å². The number of benzene rings is 2. The minimum absolute atomic E-state index is 0.0307. The lowest BCUT2D eigenvalue weighted by Crippen LogP contribution is -2.13. The number of carboxylic acids is 1. The largest absolute Gasteiger partial charge is 0.493 e. The van der Waals surface area contributed by atoms with Gasteiger partial charge in [-0.05, 0) is 49.8 Å². The normalized spacial score (nSPS) is 10.7. The highest BCUT2D eigenvalue weighted by Gasteiger charge is 2.14. The zero-order valence-corrected chi connectivity index (χ0v) is 14.4. The average molecular weight is 350 g/mol. The van der Waals surface area contributed by atoms with Gasteiger partial charge in [0.2, 0.25) is 0 Å². The van der Waals surface area contributed by atoms with E-state index in [1.54, 1.807) is 25.1 Å². The molecule has 0 aliphatic heterocycles. The zero-order chi connectivity index (χ0) is 19.1. The van der Waals surface area contributed by atoms with Crippen LogP contribution >= 0.6 is 0 Å². The molecule has 0 aromatic heterocycles. The number of carbonyl (C=O) groups is 2. The van der Waals surface area contributed by atoms with E-state index in [-0.39, 0.29) is 16.9 Å². The van der Waals surface area contributed by atoms with Crippen LogP contribution in [0.15, 0.2) is 48.0 Å². The van der Waals surface area contributed by atoms with Crippen molar-refractivity contribution in [2.75, 3.05) is 11.9 Å². The van der Waals surface area contributed by atoms with Crippen molar-refractivity contribution in [1.82, 2.24) is 0 Å². The van der Waals surface area contributed by atoms with Crippen molar-refractivity contribution in [3.63, 3.8) is 0 Å². The van der Waals surface area contributed by atoms with Gasteiger partial charge < -0.3 is 15.2 Å². The van der Waals surface area contributed by atoms with Gasteiger partial charge in [-0.1, -0.05) is 23.8 Å². The maximum atomic E-state index is 12.3. The van der Waals surface area contributed by atoms with E-state index in [4.69, 9.17) is 4.74 Å². The first-order chi connectivity index (χ1) is 12.4. The van der Waals surface area contributed by atoms with Gasteiger partial charge in [0.05, 0.1) is 6.61 Å². The van der Waals surface area contributed by atoms with Crippen molar-refractivity contribution < 1.29 is 19.4 Å². The van der Waals surface area contributed by atoms with Crippen LogP contribution in [0, 0.1) is 18.3 Å². The fraction of sp³-hybridized carbons (Fsp3) is 0.150. The van der Waals surface area contributed by atoms with Crippen LogP contribution in [0.2, 0.25) is 0 Å². The third-order valence-corrected chi connectivity index (χ3v) is 3.52. The van der Waals surface area contributed by atoms with E-state index >= 15 is 0 Å². The number of aryl methyl sites for hydroxylation is 1. The smallest absolute Gasteiger partial charge is 0.339 e. The van der Waals surface area contributed by atoms with Crippen molar-refractivity contribution >= 4 is 23.6 Å². The molecule has 6 nitrogen and oxygen atoms in total. The number of ether oxygens (including phenoxy) is 1. The second-order valence-corrected chi connectivity index (χ2v) is 5.48. The van der Waals surface area contributed by atoms with Crippen LogP contribution in [0.25, 0.3) is 6.08 Å². The molecule has 0 bridgehead atoms. The van der Waals surface area contributed by atoms with Crippen molar-refractivity contribution in [3.05, 3.63) is 64.7 Å². The van der Waals surface area contributed by atoms with Crippen molar-refractivity contribution in [2.24, 2.45) is 0 Å². The summed E-state index contributed by atoms with van der Waals surface area (Å²) in [6.45, 7) is 4.01. The Morgan fingerprint density at radius 2 is 1.92 bits per heavy atom. The summed E-state index contributed by atoms with van der Waals surface area (Å²) in [7, 11) is 0. The highest BCUT2D eigenvalue weighted by atomic mass is 16.5. The number of carboxylic acid groups (broad SMARTS) is 1. The fourth-order valence-electron chi connectivity index (χ4n) is 2.24. The van der Waals surface area contributed by atoms with Gasteiger partial charge >= 0.3 is 5.97 Å². The number of amides is 1. The number of hydrogen-bond donors (Lipinski definition) is 2. The summed E-state index contributed by atoms with van der Waals surface area (Å²) in [5.41, 5.74) is 1.87. The van der Waals surface area contributed by atoms with Gasteiger partial charge in [0.25, 0.3) is 5.91 Å². The summed E-state index contributed by atoms with van der Waals surface area (Å²) in [5, 5.41) is 21.2. The third kappa shape index (κ3) is 4.71. The Labute approximate surface area is 151 Å². The number of nitrogens with one attached hydrogen (secondary N) is 1. The average Bonchev–Trinajstić information content (AvgIpc) is 2.62. The van der Waals surface area contributed by atoms with Crippen LogP contribution in [-0.2, 0) is 4.79 Å². The minimum Gasteiger partial charge on any atom is -0.493 e. The Kier molecular flexibility index (Phi) is 6.12. The number of nitrogens with zero attached hydrogens (tertiary/aromatic N) is 1. The summed E-state index contributed by atoms with van der Waals surface area (Å²) in [6.07, 6.45) is 1.34. The second kappa shape index (κ2) is 8.49. The Bertz CT molecular complexity index is 893. The summed E-state index contributed by atoms with van der Waals surface area (Å²) in [4.78, 5) is 23.6. The SMILES string of the molecule is CCOc1ccc(/C=C(\C#N)C(=O)Nc2ccc(C)cc2)cc1C(=O)O. The Morgan fingerprint density at radius 1 is 1.23 bits per heavy atom. The molecule has 0 atom stereocenters. The fourth-order valence-corrected chi connectivity index (χ4v) is 2.24. The van der Waals surface area contributed by atoms with Crippen LogP contribution in [-0.4, -0.2) is 23.6 Å². The maximum absolute atomic E-state index is 12.3. The molecule has 0 spiro atoms. The molecule has 2 rings (SSSR count). The molecule has 0 saturated carbocycles. The first kappa shape index (κ1) is 18.7. The Balaban J connectivity index is 2.28. The molecule has 0 aliphatic carbocycles. The maximum Gasteiger partial charge on any atom is 0.339 e. The van der Waals surface area contributed by atoms with Gasteiger partial charge in [0, 0.05) is 5.69 Å². The molecular formula is C20H18N2O4. The van der Waals surface area contributed by atoms with Crippen LogP contribution < -0.4 is 10.1 Å². The number of rotatable bonds is 6. The molecule has 6 heteroatoms. The van der Waals surface area contributed by atoms with E-state index in [0.29, 0.717) is 17.9 Å². The lowest BCUT2D eigenvalue weighted by atomic mass is 10.1. The monoisotopic (exact) mass is 350 g/mol. The van der Waals surface area contributed by atoms with Gasteiger partial charge in [-0.2, -0.15) is 5.26 Å². The quantitative estimate of drug-likeness (QED) is 0.612. The Hall–Kier alpha value is -3.59. The van der Waals surface area contributed by atoms with Crippen LogP contribution in [0.3, 0.4) is 0 Å². The molecule has 2 aromatic rings. The molecule has 26 heavy (non-hydrogen) atoms. The standard InChI is InChI=1S/C20H18N2O4/c1-3-26-18-9-6-14(11-17(18)20(24)25)10-15(12-21)19(23)22-16-7-4-13(2)5-8-16/h4-11H,3H2,1-2H3,(H,22,23)(H,24,25)/b15-10+. The summed E-state index contributed by atoms with van der Waals surface area (Å²) in [6, 6.07) is 13.5. The molecule has 0 heterocycles. The molecule has 2 N–H and O–H groups in total. The highest BCUT2D eigenvalue weighted by molar-refractivity contribution is 6.09. The van der Waals surface area contributed by atoms with E-state index in [2.05, 4.69) is 5.32 Å². The van der Waals surface area contributed by atoms with E-state index < -0.39 is 11.9 Å². The first-order valence-corrected chi connectivity index (χ1v) is 7.94. The van der Waals surface area contributed by atoms with Gasteiger partial charge in [-0.3, -0.25) is 4.79 Å². The molecular weight excluding hydrogens is 332 g/mol. The first-order valence-electron chi connectivity index (χ1n) is 7.94. The molecule has 0 unspecified atom stereocenters. The number of carbonyl (C=O) groups excluding carboxylic acids is 1. The number of anilines is 1. The lowest BCUT2D eigenvalue weighted by molar-refractivity contribution is -0.112. The molecule has 0 radical (unpaired) electrons. The number of nitriles is 1. The highest BCUT2D eigenvalue weighted by Crippen LogP contribution is 2.22. The zero-order valence-electron chi connectivity index (χ0n) is 14.4. The van der Waals surface area contributed by atoms with E-state index in [0.717, 1.165) is 5.56 Å². The molecule has 0 saturated heterocycles. The van der Waals surface area contributed by atoms with E-state index in [9.17, 15) is 20.0 Å². The summed E-state index contributed by atoms with van der Waals surface area (Å²) < 4.78 is 5.27. The lowest BCUT2D eigenvalue weighted by Gasteiger charge is -2.08. The second-order valence-electron chi connectivity index (χ2n) is 5.48. The van der Waals surface area contributed by atoms with Crippen LogP contribution in [0.5, 0.6) is 5.75 Å². The van der Waals surface area contributed by atoms with Gasteiger partial charge in [0.1, 0.15) is 23.0 Å². The predicted octanol–water partition coefficient (Wildman–Crippen LogP) is 3.64. The van der Waals surface area contributed by atoms with Crippen LogP contribution in [0.4, 0.5) is 5.69 Å². The van der Waals surface area contributed by atoms with Gasteiger partial charge in [-0.15, -0.1) is 0 Å². The van der Waals surface area contributed by atoms with Gasteiger partial charge in [0.15, 0.2) is 0 Å². The molecule has 1 amide bonds. The topological polar surface area (TPSA) is 99.4 Å². The summed E-state index contributed by atoms with van der Waals surface area (Å²) in [5.74, 6) is -1.48. The third-order valence-electron chi connectivity index (χ3n) is 3.52. The predicted molar refractivity (Wildman–Crippen MR) is 98.0 cm³/mol. The van der Waals surface area contributed by atoms with Crippen molar-refractivity contribution in [1.29, 1.82) is 5.26 Å².